The van der Waals surface area contributed by atoms with E-state index >= 15 is 0 Å². The Morgan fingerprint density at radius 2 is 1.63 bits per heavy atom. The summed E-state index contributed by atoms with van der Waals surface area (Å²) in [6, 6.07) is 0. The molecule has 1 aromatic heterocycles. The van der Waals surface area contributed by atoms with E-state index in [1.54, 1.807) is 0 Å². The van der Waals surface area contributed by atoms with Crippen LogP contribution in [-0.4, -0.2) is 21.1 Å². The van der Waals surface area contributed by atoms with E-state index in [0.717, 1.165) is 38.5 Å². The topological polar surface area (TPSA) is 64.7 Å². The molecular weight excluding hydrogens is 257 g/mol. The fourth-order valence-electron chi connectivity index (χ4n) is 2.44. The second-order valence-corrected chi connectivity index (χ2v) is 4.95. The Morgan fingerprint density at radius 3 is 2.21 bits per heavy atom. The monoisotopic (exact) mass is 274 g/mol. The van der Waals surface area contributed by atoms with E-state index in [1.807, 2.05) is 0 Å². The number of nitrogens with two attached hydrogens (primary N) is 1. The Balaban J connectivity index is 2.20. The van der Waals surface area contributed by atoms with Gasteiger partial charge < -0.3 is 5.73 Å². The van der Waals surface area contributed by atoms with Crippen molar-refractivity contribution >= 4 is 5.95 Å². The summed E-state index contributed by atoms with van der Waals surface area (Å²) >= 11 is 0. The van der Waals surface area contributed by atoms with Gasteiger partial charge in [0.15, 0.2) is 0 Å². The lowest BCUT2D eigenvalue weighted by atomic mass is 9.99. The molecule has 1 aliphatic rings. The van der Waals surface area contributed by atoms with Gasteiger partial charge in [-0.1, -0.05) is 25.7 Å². The number of alkyl halides is 3. The summed E-state index contributed by atoms with van der Waals surface area (Å²) in [7, 11) is 0. The van der Waals surface area contributed by atoms with Crippen LogP contribution in [0, 0.1) is 0 Å². The summed E-state index contributed by atoms with van der Waals surface area (Å²) in [4.78, 5) is 11.6. The third kappa shape index (κ3) is 4.33. The summed E-state index contributed by atoms with van der Waals surface area (Å²) in [6.07, 6.45) is 0.784. The van der Waals surface area contributed by atoms with Crippen molar-refractivity contribution in [2.75, 3.05) is 5.73 Å². The molecule has 2 rings (SSSR count). The summed E-state index contributed by atoms with van der Waals surface area (Å²) in [5, 5.41) is 0. The van der Waals surface area contributed by atoms with Gasteiger partial charge in [0, 0.05) is 5.92 Å². The van der Waals surface area contributed by atoms with Crippen LogP contribution in [-0.2, 0) is 6.42 Å². The standard InChI is InChI=1S/C12H17F3N4/c13-12(14,15)7-9-17-10(19-11(16)18-9)8-5-3-1-2-4-6-8/h8H,1-7H2,(H2,16,17,18,19). The Kier molecular flexibility index (Phi) is 4.21. The molecule has 0 aliphatic heterocycles. The summed E-state index contributed by atoms with van der Waals surface area (Å²) in [5.74, 6) is 0.140. The molecule has 0 atom stereocenters. The molecule has 1 saturated carbocycles. The van der Waals surface area contributed by atoms with Crippen molar-refractivity contribution in [1.29, 1.82) is 0 Å². The van der Waals surface area contributed by atoms with Crippen LogP contribution in [0.25, 0.3) is 0 Å². The number of rotatable bonds is 2. The number of hydrogen-bond donors (Lipinski definition) is 1. The predicted octanol–water partition coefficient (Wildman–Crippen LogP) is 3.00. The number of nitrogen functional groups attached to an aromatic ring is 1. The van der Waals surface area contributed by atoms with Crippen molar-refractivity contribution in [3.63, 3.8) is 0 Å². The molecule has 19 heavy (non-hydrogen) atoms. The fourth-order valence-corrected chi connectivity index (χ4v) is 2.44. The van der Waals surface area contributed by atoms with Gasteiger partial charge in [0.1, 0.15) is 18.1 Å². The van der Waals surface area contributed by atoms with Crippen LogP contribution in [0.5, 0.6) is 0 Å². The molecule has 1 fully saturated rings. The third-order valence-corrected chi connectivity index (χ3v) is 3.30. The van der Waals surface area contributed by atoms with Crippen molar-refractivity contribution in [3.05, 3.63) is 11.6 Å². The molecule has 0 radical (unpaired) electrons. The fraction of sp³-hybridized carbons (Fsp3) is 0.750. The molecule has 0 bridgehead atoms. The lowest BCUT2D eigenvalue weighted by Crippen LogP contribution is -2.18. The Morgan fingerprint density at radius 1 is 1.00 bits per heavy atom. The molecule has 0 aromatic carbocycles. The highest BCUT2D eigenvalue weighted by Gasteiger charge is 2.30. The van der Waals surface area contributed by atoms with E-state index in [0.29, 0.717) is 5.82 Å². The molecule has 0 amide bonds. The van der Waals surface area contributed by atoms with E-state index in [1.165, 1.54) is 0 Å². The molecule has 1 aliphatic carbocycles. The van der Waals surface area contributed by atoms with E-state index in [-0.39, 0.29) is 17.7 Å². The minimum atomic E-state index is -4.32. The zero-order valence-corrected chi connectivity index (χ0v) is 10.6. The quantitative estimate of drug-likeness (QED) is 0.842. The van der Waals surface area contributed by atoms with E-state index < -0.39 is 12.6 Å². The number of anilines is 1. The van der Waals surface area contributed by atoms with Crippen molar-refractivity contribution < 1.29 is 13.2 Å². The molecule has 2 N–H and O–H groups in total. The highest BCUT2D eigenvalue weighted by Crippen LogP contribution is 2.30. The minimum absolute atomic E-state index is 0.111. The van der Waals surface area contributed by atoms with Gasteiger partial charge in [0.25, 0.3) is 0 Å². The first kappa shape index (κ1) is 14.0. The first-order valence-corrected chi connectivity index (χ1v) is 6.51. The lowest BCUT2D eigenvalue weighted by Gasteiger charge is -2.14. The van der Waals surface area contributed by atoms with Gasteiger partial charge in [-0.05, 0) is 12.8 Å². The largest absolute Gasteiger partial charge is 0.396 e. The van der Waals surface area contributed by atoms with Crippen LogP contribution in [0.1, 0.15) is 56.1 Å². The zero-order valence-electron chi connectivity index (χ0n) is 10.6. The van der Waals surface area contributed by atoms with Crippen molar-refractivity contribution in [2.45, 2.75) is 57.0 Å². The number of hydrogen-bond acceptors (Lipinski definition) is 4. The van der Waals surface area contributed by atoms with Crippen LogP contribution in [0.15, 0.2) is 0 Å². The summed E-state index contributed by atoms with van der Waals surface area (Å²) < 4.78 is 37.1. The summed E-state index contributed by atoms with van der Waals surface area (Å²) in [6.45, 7) is 0. The predicted molar refractivity (Wildman–Crippen MR) is 64.4 cm³/mol. The molecule has 0 saturated heterocycles. The van der Waals surface area contributed by atoms with Crippen LogP contribution in [0.3, 0.4) is 0 Å². The zero-order chi connectivity index (χ0) is 13.9. The first-order valence-electron chi connectivity index (χ1n) is 6.51. The van der Waals surface area contributed by atoms with Crippen LogP contribution >= 0.6 is 0 Å². The molecule has 1 aromatic rings. The SMILES string of the molecule is Nc1nc(CC(F)(F)F)nc(C2CCCCCC2)n1. The second kappa shape index (κ2) is 5.71. The van der Waals surface area contributed by atoms with Gasteiger partial charge in [-0.2, -0.15) is 23.1 Å². The number of nitrogens with zero attached hydrogens (tertiary/aromatic N) is 3. The van der Waals surface area contributed by atoms with E-state index in [4.69, 9.17) is 5.73 Å². The molecule has 7 heteroatoms. The number of aromatic nitrogens is 3. The first-order chi connectivity index (χ1) is 8.94. The van der Waals surface area contributed by atoms with Gasteiger partial charge in [-0.25, -0.2) is 4.98 Å². The highest BCUT2D eigenvalue weighted by molar-refractivity contribution is 5.18. The van der Waals surface area contributed by atoms with E-state index in [2.05, 4.69) is 15.0 Å². The Hall–Kier alpha value is -1.40. The molecule has 0 unspecified atom stereocenters. The smallest absolute Gasteiger partial charge is 0.368 e. The maximum Gasteiger partial charge on any atom is 0.396 e. The van der Waals surface area contributed by atoms with Crippen LogP contribution in [0.2, 0.25) is 0 Å². The number of halogens is 3. The van der Waals surface area contributed by atoms with Gasteiger partial charge in [-0.3, -0.25) is 0 Å². The summed E-state index contributed by atoms with van der Waals surface area (Å²) in [5.41, 5.74) is 5.49. The van der Waals surface area contributed by atoms with Crippen LogP contribution in [0.4, 0.5) is 19.1 Å². The van der Waals surface area contributed by atoms with E-state index in [9.17, 15) is 13.2 Å². The van der Waals surface area contributed by atoms with Crippen molar-refractivity contribution in [2.24, 2.45) is 0 Å². The Labute approximate surface area is 109 Å². The molecule has 4 nitrogen and oxygen atoms in total. The van der Waals surface area contributed by atoms with Crippen molar-refractivity contribution in [1.82, 2.24) is 15.0 Å². The maximum absolute atomic E-state index is 12.4. The highest BCUT2D eigenvalue weighted by atomic mass is 19.4. The van der Waals surface area contributed by atoms with Gasteiger partial charge in [0.05, 0.1) is 0 Å². The molecular formula is C12H17F3N4. The second-order valence-electron chi connectivity index (χ2n) is 4.95. The normalized spacial score (nSPS) is 18.3. The lowest BCUT2D eigenvalue weighted by molar-refractivity contribution is -0.128. The van der Waals surface area contributed by atoms with Gasteiger partial charge in [0.2, 0.25) is 5.95 Å². The molecule has 106 valence electrons. The molecule has 0 spiro atoms. The van der Waals surface area contributed by atoms with Crippen molar-refractivity contribution in [3.8, 4) is 0 Å². The van der Waals surface area contributed by atoms with Crippen LogP contribution < -0.4 is 5.73 Å². The van der Waals surface area contributed by atoms with Gasteiger partial charge >= 0.3 is 6.18 Å². The van der Waals surface area contributed by atoms with Gasteiger partial charge in [-0.15, -0.1) is 0 Å². The third-order valence-electron chi connectivity index (χ3n) is 3.30. The maximum atomic E-state index is 12.4. The Bertz CT molecular complexity index is 425. The molecule has 1 heterocycles. The average Bonchev–Trinajstić information content (AvgIpc) is 2.53. The average molecular weight is 274 g/mol. The minimum Gasteiger partial charge on any atom is -0.368 e.